The third-order valence-corrected chi connectivity index (χ3v) is 4.02. The van der Waals surface area contributed by atoms with Crippen molar-refractivity contribution in [1.82, 2.24) is 5.32 Å². The van der Waals surface area contributed by atoms with Gasteiger partial charge in [-0.05, 0) is 30.0 Å². The van der Waals surface area contributed by atoms with Crippen molar-refractivity contribution < 1.29 is 12.8 Å². The van der Waals surface area contributed by atoms with Crippen LogP contribution in [0.4, 0.5) is 4.39 Å². The second-order valence-electron chi connectivity index (χ2n) is 4.48. The van der Waals surface area contributed by atoms with E-state index in [2.05, 4.69) is 5.32 Å². The minimum absolute atomic E-state index is 0.0856. The molecular weight excluding hydrogens is 241 g/mol. The number of nitrogens with one attached hydrogen (secondary N) is 1. The number of hydrogen-bond donors (Lipinski definition) is 1. The Bertz CT molecular complexity index is 513. The van der Waals surface area contributed by atoms with Gasteiger partial charge in [0.15, 0.2) is 0 Å². The van der Waals surface area contributed by atoms with Crippen molar-refractivity contribution in [2.45, 2.75) is 18.9 Å². The molecule has 0 saturated carbocycles. The molecule has 0 heterocycles. The molecule has 0 spiro atoms. The summed E-state index contributed by atoms with van der Waals surface area (Å²) in [7, 11) is -2.94. The Labute approximate surface area is 101 Å². The van der Waals surface area contributed by atoms with Crippen LogP contribution in [0.2, 0.25) is 0 Å². The van der Waals surface area contributed by atoms with Gasteiger partial charge in [-0.3, -0.25) is 0 Å². The van der Waals surface area contributed by atoms with Gasteiger partial charge in [-0.25, -0.2) is 12.8 Å². The zero-order valence-corrected chi connectivity index (χ0v) is 10.6. The van der Waals surface area contributed by atoms with Gasteiger partial charge in [0, 0.05) is 18.8 Å². The predicted molar refractivity (Wildman–Crippen MR) is 65.2 cm³/mol. The van der Waals surface area contributed by atoms with Crippen LogP contribution in [0.15, 0.2) is 18.2 Å². The largest absolute Gasteiger partial charge is 0.309 e. The highest BCUT2D eigenvalue weighted by atomic mass is 32.2. The fraction of sp³-hybridized carbons (Fsp3) is 0.500. The second-order valence-corrected chi connectivity index (χ2v) is 6.74. The summed E-state index contributed by atoms with van der Waals surface area (Å²) in [5.41, 5.74) is 1.74. The van der Waals surface area contributed by atoms with Crippen LogP contribution in [0, 0.1) is 5.82 Å². The van der Waals surface area contributed by atoms with Crippen LogP contribution < -0.4 is 5.32 Å². The maximum atomic E-state index is 13.5. The summed E-state index contributed by atoms with van der Waals surface area (Å²) in [6.45, 7) is 0.416. The highest BCUT2D eigenvalue weighted by Crippen LogP contribution is 2.32. The Balaban J connectivity index is 2.01. The molecule has 0 aromatic heterocycles. The minimum atomic E-state index is -2.94. The molecule has 17 heavy (non-hydrogen) atoms. The van der Waals surface area contributed by atoms with E-state index < -0.39 is 9.84 Å². The van der Waals surface area contributed by atoms with Crippen molar-refractivity contribution in [1.29, 1.82) is 0 Å². The van der Waals surface area contributed by atoms with Gasteiger partial charge in [0.2, 0.25) is 0 Å². The first-order valence-corrected chi connectivity index (χ1v) is 7.72. The molecule has 2 rings (SSSR count). The molecule has 0 fully saturated rings. The van der Waals surface area contributed by atoms with E-state index in [4.69, 9.17) is 0 Å². The maximum absolute atomic E-state index is 13.5. The van der Waals surface area contributed by atoms with E-state index in [9.17, 15) is 12.8 Å². The smallest absolute Gasteiger partial charge is 0.148 e. The number of rotatable bonds is 4. The van der Waals surface area contributed by atoms with E-state index in [0.717, 1.165) is 24.0 Å². The molecule has 1 aliphatic carbocycles. The number of halogens is 1. The van der Waals surface area contributed by atoms with Crippen LogP contribution in [-0.4, -0.2) is 27.0 Å². The lowest BCUT2D eigenvalue weighted by Gasteiger charge is -2.13. The first-order chi connectivity index (χ1) is 7.97. The Morgan fingerprint density at radius 1 is 1.47 bits per heavy atom. The van der Waals surface area contributed by atoms with E-state index >= 15 is 0 Å². The lowest BCUT2D eigenvalue weighted by Crippen LogP contribution is -2.25. The minimum Gasteiger partial charge on any atom is -0.309 e. The quantitative estimate of drug-likeness (QED) is 0.888. The second kappa shape index (κ2) is 4.74. The molecule has 1 aliphatic rings. The fourth-order valence-electron chi connectivity index (χ4n) is 2.24. The third kappa shape index (κ3) is 3.04. The molecule has 5 heteroatoms. The summed E-state index contributed by atoms with van der Waals surface area (Å²) in [5, 5.41) is 3.18. The molecule has 1 atom stereocenters. The molecule has 0 aliphatic heterocycles. The summed E-state index contributed by atoms with van der Waals surface area (Å²) < 4.78 is 35.5. The molecule has 3 nitrogen and oxygen atoms in total. The van der Waals surface area contributed by atoms with Crippen molar-refractivity contribution in [3.05, 3.63) is 35.1 Å². The van der Waals surface area contributed by atoms with E-state index in [1.165, 1.54) is 12.3 Å². The molecule has 1 N–H and O–H groups in total. The molecule has 0 bridgehead atoms. The van der Waals surface area contributed by atoms with Gasteiger partial charge in [-0.1, -0.05) is 12.1 Å². The van der Waals surface area contributed by atoms with Crippen LogP contribution in [0.1, 0.15) is 23.6 Å². The molecule has 0 radical (unpaired) electrons. The molecule has 1 unspecified atom stereocenters. The summed E-state index contributed by atoms with van der Waals surface area (Å²) in [6, 6.07) is 5.16. The number of sulfone groups is 1. The summed E-state index contributed by atoms with van der Waals surface area (Å²) in [5.74, 6) is -0.0383. The van der Waals surface area contributed by atoms with Crippen LogP contribution in [0.3, 0.4) is 0 Å². The first-order valence-electron chi connectivity index (χ1n) is 5.66. The third-order valence-electron chi connectivity index (χ3n) is 3.08. The monoisotopic (exact) mass is 257 g/mol. The van der Waals surface area contributed by atoms with Crippen molar-refractivity contribution in [3.63, 3.8) is 0 Å². The van der Waals surface area contributed by atoms with Crippen molar-refractivity contribution in [2.24, 2.45) is 0 Å². The Kier molecular flexibility index (Phi) is 3.49. The standard InChI is InChI=1S/C12H16FNO2S/c1-17(15,16)8-7-14-12-6-5-9-10(12)3-2-4-11(9)13/h2-4,12,14H,5-8H2,1H3. The summed E-state index contributed by atoms with van der Waals surface area (Å²) in [4.78, 5) is 0. The van der Waals surface area contributed by atoms with Crippen molar-refractivity contribution >= 4 is 9.84 Å². The topological polar surface area (TPSA) is 46.2 Å². The van der Waals surface area contributed by atoms with Gasteiger partial charge in [0.1, 0.15) is 15.7 Å². The Morgan fingerprint density at radius 3 is 2.94 bits per heavy atom. The maximum Gasteiger partial charge on any atom is 0.148 e. The highest BCUT2D eigenvalue weighted by Gasteiger charge is 2.24. The van der Waals surface area contributed by atoms with Gasteiger partial charge in [0.05, 0.1) is 5.75 Å². The number of benzene rings is 1. The zero-order valence-electron chi connectivity index (χ0n) is 9.74. The number of hydrogen-bond acceptors (Lipinski definition) is 3. The summed E-state index contributed by atoms with van der Waals surface area (Å²) >= 11 is 0. The molecule has 1 aromatic carbocycles. The molecule has 94 valence electrons. The van der Waals surface area contributed by atoms with Gasteiger partial charge in [-0.2, -0.15) is 0 Å². The van der Waals surface area contributed by atoms with E-state index in [1.807, 2.05) is 6.07 Å². The fourth-order valence-corrected chi connectivity index (χ4v) is 2.73. The molecular formula is C12H16FNO2S. The van der Waals surface area contributed by atoms with Crippen molar-refractivity contribution in [3.8, 4) is 0 Å². The number of fused-ring (bicyclic) bond motifs is 1. The van der Waals surface area contributed by atoms with Crippen LogP contribution in [-0.2, 0) is 16.3 Å². The normalized spacial score (nSPS) is 19.3. The van der Waals surface area contributed by atoms with Gasteiger partial charge >= 0.3 is 0 Å². The average molecular weight is 257 g/mol. The predicted octanol–water partition coefficient (Wildman–Crippen LogP) is 1.45. The SMILES string of the molecule is CS(=O)(=O)CCNC1CCc2c(F)cccc21. The highest BCUT2D eigenvalue weighted by molar-refractivity contribution is 7.90. The van der Waals surface area contributed by atoms with Crippen LogP contribution >= 0.6 is 0 Å². The van der Waals surface area contributed by atoms with Crippen LogP contribution in [0.25, 0.3) is 0 Å². The Hall–Kier alpha value is -0.940. The van der Waals surface area contributed by atoms with Crippen LogP contribution in [0.5, 0.6) is 0 Å². The van der Waals surface area contributed by atoms with E-state index in [-0.39, 0.29) is 17.6 Å². The Morgan fingerprint density at radius 2 is 2.24 bits per heavy atom. The molecule has 0 saturated heterocycles. The zero-order chi connectivity index (χ0) is 12.5. The summed E-state index contributed by atoms with van der Waals surface area (Å²) in [6.07, 6.45) is 2.77. The van der Waals surface area contributed by atoms with Gasteiger partial charge < -0.3 is 5.32 Å². The van der Waals surface area contributed by atoms with E-state index in [0.29, 0.717) is 6.54 Å². The first kappa shape index (κ1) is 12.5. The van der Waals surface area contributed by atoms with Gasteiger partial charge in [0.25, 0.3) is 0 Å². The van der Waals surface area contributed by atoms with Crippen molar-refractivity contribution in [2.75, 3.05) is 18.6 Å². The molecule has 0 amide bonds. The van der Waals surface area contributed by atoms with Gasteiger partial charge in [-0.15, -0.1) is 0 Å². The lowest BCUT2D eigenvalue weighted by atomic mass is 10.1. The lowest BCUT2D eigenvalue weighted by molar-refractivity contribution is 0.542. The van der Waals surface area contributed by atoms with E-state index in [1.54, 1.807) is 6.07 Å². The average Bonchev–Trinajstić information content (AvgIpc) is 2.61. The molecule has 1 aromatic rings.